The van der Waals surface area contributed by atoms with Crippen molar-refractivity contribution in [1.82, 2.24) is 19.7 Å². The minimum atomic E-state index is -4.67. The van der Waals surface area contributed by atoms with Crippen LogP contribution in [-0.4, -0.2) is 58.4 Å². The topological polar surface area (TPSA) is 63.5 Å². The van der Waals surface area contributed by atoms with Gasteiger partial charge in [0.05, 0.1) is 10.7 Å². The molecule has 0 saturated carbocycles. The average Bonchev–Trinajstić information content (AvgIpc) is 3.23. The third kappa shape index (κ3) is 4.80. The van der Waals surface area contributed by atoms with Crippen molar-refractivity contribution in [3.63, 3.8) is 0 Å². The van der Waals surface area contributed by atoms with Crippen LogP contribution in [0.5, 0.6) is 5.88 Å². The number of alkyl halides is 3. The minimum Gasteiger partial charge on any atom is -0.467 e. The molecule has 7 nitrogen and oxygen atoms in total. The number of amides is 1. The lowest BCUT2D eigenvalue weighted by molar-refractivity contribution is -0.141. The standard InChI is InChI=1S/C21H19ClF3N5O2/c22-15-5-1-2-6-16(15)30-20(13-17(27-30)21(23,24)25)32-14-19(31)29-11-9-28(10-12-29)18-7-3-4-8-26-18/h1-8,13H,9-12,14H2. The normalized spacial score (nSPS) is 14.5. The van der Waals surface area contributed by atoms with Gasteiger partial charge < -0.3 is 14.5 Å². The molecule has 0 bridgehead atoms. The van der Waals surface area contributed by atoms with Crippen molar-refractivity contribution in [2.24, 2.45) is 0 Å². The molecule has 11 heteroatoms. The molecule has 1 aliphatic rings. The summed E-state index contributed by atoms with van der Waals surface area (Å²) in [6.07, 6.45) is -2.96. The quantitative estimate of drug-likeness (QED) is 0.575. The third-order valence-corrected chi connectivity index (χ3v) is 5.32. The van der Waals surface area contributed by atoms with Crippen molar-refractivity contribution in [2.75, 3.05) is 37.7 Å². The van der Waals surface area contributed by atoms with Crippen molar-refractivity contribution < 1.29 is 22.7 Å². The Labute approximate surface area is 187 Å². The van der Waals surface area contributed by atoms with Gasteiger partial charge in [-0.25, -0.2) is 4.98 Å². The molecule has 1 aromatic carbocycles. The molecule has 0 atom stereocenters. The second-order valence-corrected chi connectivity index (χ2v) is 7.48. The van der Waals surface area contributed by atoms with E-state index in [0.29, 0.717) is 26.2 Å². The van der Waals surface area contributed by atoms with Crippen LogP contribution in [0.4, 0.5) is 19.0 Å². The number of carbonyl (C=O) groups is 1. The van der Waals surface area contributed by atoms with Gasteiger partial charge in [-0.15, -0.1) is 0 Å². The van der Waals surface area contributed by atoms with Gasteiger partial charge in [0.1, 0.15) is 5.82 Å². The maximum atomic E-state index is 13.2. The van der Waals surface area contributed by atoms with Crippen LogP contribution >= 0.6 is 11.6 Å². The van der Waals surface area contributed by atoms with Crippen LogP contribution in [0, 0.1) is 0 Å². The molecule has 0 unspecified atom stereocenters. The lowest BCUT2D eigenvalue weighted by Crippen LogP contribution is -2.50. The third-order valence-electron chi connectivity index (χ3n) is 5.00. The molecule has 0 aliphatic carbocycles. The van der Waals surface area contributed by atoms with Gasteiger partial charge in [-0.1, -0.05) is 29.8 Å². The molecule has 1 aliphatic heterocycles. The van der Waals surface area contributed by atoms with Crippen LogP contribution in [0.1, 0.15) is 5.69 Å². The Bertz CT molecular complexity index is 1080. The summed E-state index contributed by atoms with van der Waals surface area (Å²) in [7, 11) is 0. The predicted molar refractivity (Wildman–Crippen MR) is 112 cm³/mol. The Kier molecular flexibility index (Phi) is 6.22. The van der Waals surface area contributed by atoms with E-state index in [4.69, 9.17) is 16.3 Å². The number of rotatable bonds is 5. The number of ether oxygens (including phenoxy) is 1. The monoisotopic (exact) mass is 465 g/mol. The highest BCUT2D eigenvalue weighted by atomic mass is 35.5. The number of hydrogen-bond donors (Lipinski definition) is 0. The number of nitrogens with zero attached hydrogens (tertiary/aromatic N) is 5. The van der Waals surface area contributed by atoms with E-state index < -0.39 is 18.5 Å². The first-order chi connectivity index (χ1) is 15.3. The van der Waals surface area contributed by atoms with Crippen LogP contribution in [0.3, 0.4) is 0 Å². The summed E-state index contributed by atoms with van der Waals surface area (Å²) in [5.74, 6) is 0.288. The number of aromatic nitrogens is 3. The molecular formula is C21H19ClF3N5O2. The summed E-state index contributed by atoms with van der Waals surface area (Å²) in [6, 6.07) is 12.7. The van der Waals surface area contributed by atoms with E-state index in [-0.39, 0.29) is 22.5 Å². The van der Waals surface area contributed by atoms with Gasteiger partial charge in [-0.05, 0) is 24.3 Å². The number of para-hydroxylation sites is 1. The molecule has 168 valence electrons. The first-order valence-electron chi connectivity index (χ1n) is 9.81. The van der Waals surface area contributed by atoms with Crippen LogP contribution in [0.2, 0.25) is 5.02 Å². The molecular weight excluding hydrogens is 447 g/mol. The van der Waals surface area contributed by atoms with E-state index in [1.165, 1.54) is 12.1 Å². The molecule has 2 aromatic heterocycles. The van der Waals surface area contributed by atoms with Crippen molar-refractivity contribution >= 4 is 23.3 Å². The van der Waals surface area contributed by atoms with Gasteiger partial charge in [-0.3, -0.25) is 4.79 Å². The lowest BCUT2D eigenvalue weighted by atomic mass is 10.3. The van der Waals surface area contributed by atoms with Crippen LogP contribution < -0.4 is 9.64 Å². The second kappa shape index (κ2) is 9.07. The molecule has 0 N–H and O–H groups in total. The van der Waals surface area contributed by atoms with Gasteiger partial charge in [0, 0.05) is 38.4 Å². The molecule has 0 spiro atoms. The van der Waals surface area contributed by atoms with Crippen molar-refractivity contribution in [2.45, 2.75) is 6.18 Å². The Morgan fingerprint density at radius 2 is 1.78 bits per heavy atom. The van der Waals surface area contributed by atoms with Gasteiger partial charge in [0.25, 0.3) is 5.91 Å². The first kappa shape index (κ1) is 21.9. The van der Waals surface area contributed by atoms with Crippen LogP contribution in [-0.2, 0) is 11.0 Å². The molecule has 3 aromatic rings. The zero-order valence-corrected chi connectivity index (χ0v) is 17.6. The van der Waals surface area contributed by atoms with E-state index in [1.807, 2.05) is 18.2 Å². The highest BCUT2D eigenvalue weighted by Gasteiger charge is 2.36. The highest BCUT2D eigenvalue weighted by Crippen LogP contribution is 2.33. The summed E-state index contributed by atoms with van der Waals surface area (Å²) in [4.78, 5) is 20.6. The van der Waals surface area contributed by atoms with Crippen LogP contribution in [0.15, 0.2) is 54.7 Å². The summed E-state index contributed by atoms with van der Waals surface area (Å²) in [6.45, 7) is 1.68. The van der Waals surface area contributed by atoms with Crippen molar-refractivity contribution in [1.29, 1.82) is 0 Å². The first-order valence-corrected chi connectivity index (χ1v) is 10.2. The molecule has 1 fully saturated rings. The Hall–Kier alpha value is -3.27. The second-order valence-electron chi connectivity index (χ2n) is 7.07. The van der Waals surface area contributed by atoms with E-state index in [9.17, 15) is 18.0 Å². The van der Waals surface area contributed by atoms with E-state index >= 15 is 0 Å². The minimum absolute atomic E-state index is 0.200. The predicted octanol–water partition coefficient (Wildman–Crippen LogP) is 3.67. The smallest absolute Gasteiger partial charge is 0.435 e. The van der Waals surface area contributed by atoms with Crippen LogP contribution in [0.25, 0.3) is 5.69 Å². The molecule has 4 rings (SSSR count). The number of carbonyl (C=O) groups excluding carboxylic acids is 1. The van der Waals surface area contributed by atoms with Gasteiger partial charge >= 0.3 is 6.18 Å². The number of anilines is 1. The molecule has 32 heavy (non-hydrogen) atoms. The van der Waals surface area contributed by atoms with Gasteiger partial charge in [0.15, 0.2) is 12.3 Å². The zero-order chi connectivity index (χ0) is 22.7. The van der Waals surface area contributed by atoms with Gasteiger partial charge in [0.2, 0.25) is 5.88 Å². The SMILES string of the molecule is O=C(COc1cc(C(F)(F)F)nn1-c1ccccc1Cl)N1CCN(c2ccccn2)CC1. The number of pyridine rings is 1. The fourth-order valence-electron chi connectivity index (χ4n) is 3.35. The van der Waals surface area contributed by atoms with E-state index in [0.717, 1.165) is 16.6 Å². The molecule has 1 saturated heterocycles. The molecule has 3 heterocycles. The van der Waals surface area contributed by atoms with E-state index in [2.05, 4.69) is 15.0 Å². The van der Waals surface area contributed by atoms with Gasteiger partial charge in [-0.2, -0.15) is 23.0 Å². The largest absolute Gasteiger partial charge is 0.467 e. The summed E-state index contributed by atoms with van der Waals surface area (Å²) in [5, 5.41) is 3.79. The lowest BCUT2D eigenvalue weighted by Gasteiger charge is -2.35. The summed E-state index contributed by atoms with van der Waals surface area (Å²) < 4.78 is 46.1. The summed E-state index contributed by atoms with van der Waals surface area (Å²) >= 11 is 6.12. The fraction of sp³-hybridized carbons (Fsp3) is 0.286. The Morgan fingerprint density at radius 1 is 1.06 bits per heavy atom. The van der Waals surface area contributed by atoms with Crippen molar-refractivity contribution in [3.05, 3.63) is 65.4 Å². The molecule has 0 radical (unpaired) electrons. The number of piperazine rings is 1. The van der Waals surface area contributed by atoms with E-state index in [1.54, 1.807) is 23.2 Å². The molecule has 1 amide bonds. The van der Waals surface area contributed by atoms with Crippen molar-refractivity contribution in [3.8, 4) is 11.6 Å². The number of benzene rings is 1. The highest BCUT2D eigenvalue weighted by molar-refractivity contribution is 6.32. The summed E-state index contributed by atoms with van der Waals surface area (Å²) in [5.41, 5.74) is -0.917. The number of hydrogen-bond acceptors (Lipinski definition) is 5. The Balaban J connectivity index is 1.44. The maximum absolute atomic E-state index is 13.2. The number of halogens is 4. The zero-order valence-electron chi connectivity index (χ0n) is 16.8. The Morgan fingerprint density at radius 3 is 2.44 bits per heavy atom. The maximum Gasteiger partial charge on any atom is 0.435 e. The average molecular weight is 466 g/mol. The fourth-order valence-corrected chi connectivity index (χ4v) is 3.57.